The van der Waals surface area contributed by atoms with E-state index in [0.717, 1.165) is 17.9 Å². The van der Waals surface area contributed by atoms with Crippen molar-refractivity contribution < 1.29 is 9.84 Å². The van der Waals surface area contributed by atoms with Crippen molar-refractivity contribution in [3.63, 3.8) is 0 Å². The summed E-state index contributed by atoms with van der Waals surface area (Å²) in [5.41, 5.74) is 0.927. The molecule has 0 fully saturated rings. The number of anilines is 1. The number of hydrogen-bond acceptors (Lipinski definition) is 3. The molecule has 1 atom stereocenters. The average molecular weight is 195 g/mol. The first kappa shape index (κ1) is 10.9. The van der Waals surface area contributed by atoms with E-state index < -0.39 is 0 Å². The van der Waals surface area contributed by atoms with E-state index in [2.05, 4.69) is 5.32 Å². The van der Waals surface area contributed by atoms with Gasteiger partial charge in [-0.2, -0.15) is 0 Å². The number of rotatable bonds is 5. The first-order valence-corrected chi connectivity index (χ1v) is 4.82. The molecule has 3 nitrogen and oxygen atoms in total. The van der Waals surface area contributed by atoms with Gasteiger partial charge in [-0.15, -0.1) is 0 Å². The fourth-order valence-electron chi connectivity index (χ4n) is 1.26. The Bertz CT molecular complexity index is 272. The monoisotopic (exact) mass is 195 g/mol. The third-order valence-corrected chi connectivity index (χ3v) is 2.18. The Labute approximate surface area is 84.7 Å². The second-order valence-corrected chi connectivity index (χ2v) is 3.13. The van der Waals surface area contributed by atoms with Crippen LogP contribution in [-0.4, -0.2) is 24.9 Å². The van der Waals surface area contributed by atoms with E-state index in [9.17, 15) is 0 Å². The van der Waals surface area contributed by atoms with E-state index in [0.29, 0.717) is 0 Å². The van der Waals surface area contributed by atoms with E-state index in [-0.39, 0.29) is 12.6 Å². The second kappa shape index (κ2) is 5.50. The normalized spacial score (nSPS) is 12.2. The van der Waals surface area contributed by atoms with E-state index in [1.165, 1.54) is 0 Å². The van der Waals surface area contributed by atoms with Crippen molar-refractivity contribution >= 4 is 5.69 Å². The molecule has 1 aromatic rings. The summed E-state index contributed by atoms with van der Waals surface area (Å²) in [6.07, 6.45) is 0.883. The highest BCUT2D eigenvalue weighted by atomic mass is 16.5. The van der Waals surface area contributed by atoms with E-state index in [1.807, 2.05) is 31.2 Å². The van der Waals surface area contributed by atoms with Crippen LogP contribution in [-0.2, 0) is 0 Å². The molecule has 78 valence electrons. The molecule has 0 saturated heterocycles. The van der Waals surface area contributed by atoms with Crippen LogP contribution in [0.3, 0.4) is 0 Å². The lowest BCUT2D eigenvalue weighted by molar-refractivity contribution is 0.271. The predicted molar refractivity (Wildman–Crippen MR) is 57.8 cm³/mol. The van der Waals surface area contributed by atoms with Gasteiger partial charge in [0.1, 0.15) is 5.75 Å². The minimum absolute atomic E-state index is 0.0892. The van der Waals surface area contributed by atoms with E-state index >= 15 is 0 Å². The van der Waals surface area contributed by atoms with Gasteiger partial charge in [0.15, 0.2) is 0 Å². The molecule has 0 bridgehead atoms. The Balaban J connectivity index is 2.74. The van der Waals surface area contributed by atoms with Gasteiger partial charge in [0.05, 0.1) is 19.4 Å². The van der Waals surface area contributed by atoms with Crippen molar-refractivity contribution in [2.45, 2.75) is 19.4 Å². The number of para-hydroxylation sites is 2. The molecule has 14 heavy (non-hydrogen) atoms. The largest absolute Gasteiger partial charge is 0.495 e. The minimum atomic E-state index is 0.0892. The molecule has 0 radical (unpaired) electrons. The SMILES string of the molecule is CC[C@@H](CO)Nc1ccccc1OC. The zero-order chi connectivity index (χ0) is 10.4. The van der Waals surface area contributed by atoms with Crippen LogP contribution in [0.4, 0.5) is 5.69 Å². The zero-order valence-electron chi connectivity index (χ0n) is 8.66. The molecule has 3 heteroatoms. The molecule has 0 aliphatic heterocycles. The van der Waals surface area contributed by atoms with Crippen molar-refractivity contribution in [3.8, 4) is 5.75 Å². The van der Waals surface area contributed by atoms with Gasteiger partial charge < -0.3 is 15.2 Å². The summed E-state index contributed by atoms with van der Waals surface area (Å²) in [7, 11) is 1.64. The summed E-state index contributed by atoms with van der Waals surface area (Å²) < 4.78 is 5.19. The molecule has 2 N–H and O–H groups in total. The molecule has 0 saturated carbocycles. The number of hydrogen-bond donors (Lipinski definition) is 2. The molecule has 0 spiro atoms. The summed E-state index contributed by atoms with van der Waals surface area (Å²) in [6, 6.07) is 7.79. The van der Waals surface area contributed by atoms with E-state index in [4.69, 9.17) is 9.84 Å². The quantitative estimate of drug-likeness (QED) is 0.753. The lowest BCUT2D eigenvalue weighted by Gasteiger charge is -2.17. The van der Waals surface area contributed by atoms with E-state index in [1.54, 1.807) is 7.11 Å². The first-order chi connectivity index (χ1) is 6.81. The first-order valence-electron chi connectivity index (χ1n) is 4.82. The molecule has 1 rings (SSSR count). The Morgan fingerprint density at radius 3 is 2.71 bits per heavy atom. The maximum Gasteiger partial charge on any atom is 0.141 e. The predicted octanol–water partition coefficient (Wildman–Crippen LogP) is 1.88. The fourth-order valence-corrected chi connectivity index (χ4v) is 1.26. The number of ether oxygens (including phenoxy) is 1. The Morgan fingerprint density at radius 1 is 1.43 bits per heavy atom. The molecule has 0 heterocycles. The van der Waals surface area contributed by atoms with Crippen LogP contribution < -0.4 is 10.1 Å². The number of benzene rings is 1. The zero-order valence-corrected chi connectivity index (χ0v) is 8.66. The lowest BCUT2D eigenvalue weighted by atomic mass is 10.2. The number of nitrogens with one attached hydrogen (secondary N) is 1. The molecule has 0 aliphatic rings. The van der Waals surface area contributed by atoms with Gasteiger partial charge in [-0.25, -0.2) is 0 Å². The van der Waals surface area contributed by atoms with Crippen LogP contribution in [0.25, 0.3) is 0 Å². The summed E-state index contributed by atoms with van der Waals surface area (Å²) in [5, 5.41) is 12.3. The number of aliphatic hydroxyl groups is 1. The van der Waals surface area contributed by atoms with Gasteiger partial charge in [-0.3, -0.25) is 0 Å². The molecular formula is C11H17NO2. The summed E-state index contributed by atoms with van der Waals surface area (Å²) in [5.74, 6) is 0.805. The highest BCUT2D eigenvalue weighted by Crippen LogP contribution is 2.23. The van der Waals surface area contributed by atoms with Crippen LogP contribution in [0.15, 0.2) is 24.3 Å². The Kier molecular flexibility index (Phi) is 4.26. The maximum absolute atomic E-state index is 9.05. The molecular weight excluding hydrogens is 178 g/mol. The molecule has 0 amide bonds. The molecule has 0 aliphatic carbocycles. The van der Waals surface area contributed by atoms with Gasteiger partial charge in [0.25, 0.3) is 0 Å². The van der Waals surface area contributed by atoms with Crippen LogP contribution >= 0.6 is 0 Å². The van der Waals surface area contributed by atoms with Gasteiger partial charge in [-0.05, 0) is 18.6 Å². The topological polar surface area (TPSA) is 41.5 Å². The molecule has 0 unspecified atom stereocenters. The molecule has 0 aromatic heterocycles. The summed E-state index contributed by atoms with van der Waals surface area (Å²) >= 11 is 0. The van der Waals surface area contributed by atoms with Crippen LogP contribution in [0, 0.1) is 0 Å². The van der Waals surface area contributed by atoms with Crippen molar-refractivity contribution in [1.29, 1.82) is 0 Å². The third-order valence-electron chi connectivity index (χ3n) is 2.18. The van der Waals surface area contributed by atoms with Crippen molar-refractivity contribution in [1.82, 2.24) is 0 Å². The lowest BCUT2D eigenvalue weighted by Crippen LogP contribution is -2.22. The molecule has 1 aromatic carbocycles. The van der Waals surface area contributed by atoms with Crippen LogP contribution in [0.5, 0.6) is 5.75 Å². The smallest absolute Gasteiger partial charge is 0.141 e. The highest BCUT2D eigenvalue weighted by molar-refractivity contribution is 5.56. The second-order valence-electron chi connectivity index (χ2n) is 3.13. The minimum Gasteiger partial charge on any atom is -0.495 e. The van der Waals surface area contributed by atoms with Crippen molar-refractivity contribution in [2.24, 2.45) is 0 Å². The van der Waals surface area contributed by atoms with Crippen LogP contribution in [0.1, 0.15) is 13.3 Å². The van der Waals surface area contributed by atoms with Gasteiger partial charge in [0, 0.05) is 6.04 Å². The average Bonchev–Trinajstić information content (AvgIpc) is 2.26. The fraction of sp³-hybridized carbons (Fsp3) is 0.455. The third kappa shape index (κ3) is 2.64. The Hall–Kier alpha value is -1.22. The highest BCUT2D eigenvalue weighted by Gasteiger charge is 2.07. The van der Waals surface area contributed by atoms with Crippen LogP contribution in [0.2, 0.25) is 0 Å². The number of methoxy groups -OCH3 is 1. The standard InChI is InChI=1S/C11H17NO2/c1-3-9(8-13)12-10-6-4-5-7-11(10)14-2/h4-7,9,12-13H,3,8H2,1-2H3/t9-/m0/s1. The van der Waals surface area contributed by atoms with Gasteiger partial charge in [0.2, 0.25) is 0 Å². The Morgan fingerprint density at radius 2 is 2.14 bits per heavy atom. The van der Waals surface area contributed by atoms with Gasteiger partial charge >= 0.3 is 0 Å². The number of aliphatic hydroxyl groups excluding tert-OH is 1. The van der Waals surface area contributed by atoms with Crippen molar-refractivity contribution in [2.75, 3.05) is 19.0 Å². The summed E-state index contributed by atoms with van der Waals surface area (Å²) in [4.78, 5) is 0. The van der Waals surface area contributed by atoms with Crippen molar-refractivity contribution in [3.05, 3.63) is 24.3 Å². The summed E-state index contributed by atoms with van der Waals surface area (Å²) in [6.45, 7) is 2.16. The maximum atomic E-state index is 9.05. The van der Waals surface area contributed by atoms with Gasteiger partial charge in [-0.1, -0.05) is 19.1 Å².